The third-order valence-corrected chi connectivity index (χ3v) is 11.2. The Morgan fingerprint density at radius 1 is 0.365 bits per heavy atom. The molecule has 1 aromatic heterocycles. The van der Waals surface area contributed by atoms with E-state index in [9.17, 15) is 5.48 Å². The number of hydrogen-bond donors (Lipinski definition) is 0. The van der Waals surface area contributed by atoms with Crippen LogP contribution in [-0.4, -0.2) is 0 Å². The van der Waals surface area contributed by atoms with Gasteiger partial charge in [-0.15, -0.1) is 11.3 Å². The van der Waals surface area contributed by atoms with E-state index in [-0.39, 0.29) is 35.4 Å². The monoisotopic (exact) mass is 683 g/mol. The molecule has 0 amide bonds. The minimum absolute atomic E-state index is 0.0817. The summed E-state index contributed by atoms with van der Waals surface area (Å²) < 4.78 is 40.0. The van der Waals surface area contributed by atoms with Gasteiger partial charge in [-0.25, -0.2) is 0 Å². The second-order valence-corrected chi connectivity index (χ2v) is 14.1. The van der Waals surface area contributed by atoms with E-state index in [1.807, 2.05) is 77.7 Å². The molecule has 0 saturated carbocycles. The van der Waals surface area contributed by atoms with Crippen LogP contribution < -0.4 is 4.90 Å². The zero-order valence-corrected chi connectivity index (χ0v) is 28.9. The van der Waals surface area contributed by atoms with Crippen molar-refractivity contribution in [3.8, 4) is 33.4 Å². The molecule has 0 radical (unpaired) electrons. The largest absolute Gasteiger partial charge is 0.311 e. The minimum Gasteiger partial charge on any atom is -0.311 e. The lowest BCUT2D eigenvalue weighted by Gasteiger charge is -2.26. The fourth-order valence-electron chi connectivity index (χ4n) is 7.35. The van der Waals surface area contributed by atoms with Crippen LogP contribution in [0.4, 0.5) is 17.1 Å². The number of thiophene rings is 1. The highest BCUT2D eigenvalue weighted by Gasteiger charge is 2.16. The Morgan fingerprint density at radius 2 is 0.923 bits per heavy atom. The van der Waals surface area contributed by atoms with E-state index in [0.29, 0.717) is 5.56 Å². The highest BCUT2D eigenvalue weighted by atomic mass is 32.1. The van der Waals surface area contributed by atoms with Crippen molar-refractivity contribution >= 4 is 70.1 Å². The first kappa shape index (κ1) is 26.3. The van der Waals surface area contributed by atoms with Crippen LogP contribution in [0.5, 0.6) is 0 Å². The zero-order valence-electron chi connectivity index (χ0n) is 32.1. The third-order valence-electron chi connectivity index (χ3n) is 9.94. The summed E-state index contributed by atoms with van der Waals surface area (Å²) in [5, 5.41) is 6.83. The molecule has 0 atom stereocenters. The standard InChI is InChI=1S/C50H33NS/c1-2-11-39-33-40(20-19-34(39)9-1)35-21-27-41(28-22-35)51(42-29-23-37(24-30-42)45-15-7-12-36-10-3-4-13-44(36)45)43-31-25-38(26-32-43)46-16-8-17-48-47-14-5-6-18-49(47)52-50(46)48/h1-33H/i21D,22D,27D,28D. The Bertz CT molecular complexity index is 3100. The number of anilines is 3. The van der Waals surface area contributed by atoms with Gasteiger partial charge >= 0.3 is 0 Å². The average Bonchev–Trinajstić information content (AvgIpc) is 3.64. The highest BCUT2D eigenvalue weighted by Crippen LogP contribution is 2.42. The van der Waals surface area contributed by atoms with E-state index < -0.39 is 0 Å². The summed E-state index contributed by atoms with van der Waals surface area (Å²) in [6, 6.07) is 59.3. The fourth-order valence-corrected chi connectivity index (χ4v) is 8.58. The first-order chi connectivity index (χ1) is 27.4. The molecule has 2 heteroatoms. The lowest BCUT2D eigenvalue weighted by molar-refractivity contribution is 1.28. The average molecular weight is 684 g/mol. The fraction of sp³-hybridized carbons (Fsp3) is 0. The maximum atomic E-state index is 9.47. The number of fused-ring (bicyclic) bond motifs is 5. The smallest absolute Gasteiger partial charge is 0.0645 e. The van der Waals surface area contributed by atoms with Gasteiger partial charge in [0.2, 0.25) is 0 Å². The van der Waals surface area contributed by atoms with Crippen molar-refractivity contribution in [3.05, 3.63) is 200 Å². The summed E-state index contributed by atoms with van der Waals surface area (Å²) in [6.07, 6.45) is 0. The van der Waals surface area contributed by atoms with E-state index in [4.69, 9.17) is 0 Å². The normalized spacial score (nSPS) is 12.5. The molecule has 0 aliphatic rings. The molecule has 0 N–H and O–H groups in total. The molecule has 10 aromatic rings. The molecule has 244 valence electrons. The van der Waals surface area contributed by atoms with Crippen LogP contribution >= 0.6 is 11.3 Å². The Hall–Kier alpha value is -6.48. The maximum absolute atomic E-state index is 9.47. The molecular formula is C50H33NS. The van der Waals surface area contributed by atoms with Crippen molar-refractivity contribution in [2.45, 2.75) is 0 Å². The van der Waals surface area contributed by atoms with E-state index in [1.165, 1.54) is 20.2 Å². The van der Waals surface area contributed by atoms with Gasteiger partial charge in [-0.2, -0.15) is 0 Å². The molecule has 52 heavy (non-hydrogen) atoms. The predicted molar refractivity (Wildman–Crippen MR) is 225 cm³/mol. The molecule has 0 saturated heterocycles. The SMILES string of the molecule is [2H]c1c([2H])c(N(c2ccc(-c3cccc4ccccc34)cc2)c2ccc(-c3cccc4c3sc3ccccc34)cc2)c([2H])c([2H])c1-c1ccc2ccccc2c1. The zero-order chi connectivity index (χ0) is 37.9. The van der Waals surface area contributed by atoms with Crippen molar-refractivity contribution < 1.29 is 5.48 Å². The van der Waals surface area contributed by atoms with E-state index in [2.05, 4.69) is 103 Å². The summed E-state index contributed by atoms with van der Waals surface area (Å²) in [5.41, 5.74) is 6.96. The molecule has 1 nitrogen and oxygen atoms in total. The van der Waals surface area contributed by atoms with E-state index in [0.717, 1.165) is 55.2 Å². The molecule has 0 unspecified atom stereocenters. The molecule has 10 rings (SSSR count). The number of rotatable bonds is 6. The molecule has 0 bridgehead atoms. The topological polar surface area (TPSA) is 3.24 Å². The number of benzene rings is 9. The van der Waals surface area contributed by atoms with Crippen LogP contribution in [0, 0.1) is 0 Å². The molecule has 0 aliphatic heterocycles. The van der Waals surface area contributed by atoms with Crippen LogP contribution in [0.15, 0.2) is 200 Å². The van der Waals surface area contributed by atoms with Gasteiger partial charge in [0.05, 0.1) is 5.48 Å². The van der Waals surface area contributed by atoms with E-state index in [1.54, 1.807) is 11.3 Å². The predicted octanol–water partition coefficient (Wildman–Crippen LogP) is 14.8. The van der Waals surface area contributed by atoms with Crippen molar-refractivity contribution in [2.24, 2.45) is 0 Å². The first-order valence-corrected chi connectivity index (χ1v) is 18.2. The molecule has 0 aliphatic carbocycles. The molecule has 0 spiro atoms. The Morgan fingerprint density at radius 3 is 1.69 bits per heavy atom. The summed E-state index contributed by atoms with van der Waals surface area (Å²) in [6.45, 7) is 0. The van der Waals surface area contributed by atoms with Gasteiger partial charge in [-0.05, 0) is 103 Å². The molecule has 0 fully saturated rings. The van der Waals surface area contributed by atoms with Gasteiger partial charge in [0.15, 0.2) is 0 Å². The first-order valence-electron chi connectivity index (χ1n) is 19.4. The minimum atomic E-state index is -0.105. The van der Waals surface area contributed by atoms with Crippen molar-refractivity contribution in [1.29, 1.82) is 0 Å². The molecule has 1 heterocycles. The summed E-state index contributed by atoms with van der Waals surface area (Å²) in [7, 11) is 0. The van der Waals surface area contributed by atoms with Gasteiger partial charge in [-0.3, -0.25) is 0 Å². The van der Waals surface area contributed by atoms with Gasteiger partial charge < -0.3 is 4.90 Å². The maximum Gasteiger partial charge on any atom is 0.0645 e. The van der Waals surface area contributed by atoms with Gasteiger partial charge in [0.25, 0.3) is 0 Å². The van der Waals surface area contributed by atoms with Crippen LogP contribution in [0.1, 0.15) is 5.48 Å². The van der Waals surface area contributed by atoms with Crippen LogP contribution in [0.3, 0.4) is 0 Å². The quantitative estimate of drug-likeness (QED) is 0.169. The Labute approximate surface area is 312 Å². The highest BCUT2D eigenvalue weighted by molar-refractivity contribution is 7.26. The lowest BCUT2D eigenvalue weighted by atomic mass is 9.98. The summed E-state index contributed by atoms with van der Waals surface area (Å²) in [5.74, 6) is 0. The van der Waals surface area contributed by atoms with E-state index >= 15 is 0 Å². The molecule has 9 aromatic carbocycles. The number of hydrogen-bond acceptors (Lipinski definition) is 2. The van der Waals surface area contributed by atoms with Crippen molar-refractivity contribution in [2.75, 3.05) is 4.90 Å². The van der Waals surface area contributed by atoms with Crippen LogP contribution in [-0.2, 0) is 0 Å². The van der Waals surface area contributed by atoms with Crippen LogP contribution in [0.2, 0.25) is 0 Å². The van der Waals surface area contributed by atoms with Crippen molar-refractivity contribution in [3.63, 3.8) is 0 Å². The second kappa shape index (κ2) is 12.7. The lowest BCUT2D eigenvalue weighted by Crippen LogP contribution is -2.09. The number of nitrogens with zero attached hydrogens (tertiary/aromatic N) is 1. The third kappa shape index (κ3) is 5.33. The van der Waals surface area contributed by atoms with Crippen molar-refractivity contribution in [1.82, 2.24) is 0 Å². The summed E-state index contributed by atoms with van der Waals surface area (Å²) in [4.78, 5) is 1.86. The van der Waals surface area contributed by atoms with Gasteiger partial charge in [0, 0.05) is 37.2 Å². The van der Waals surface area contributed by atoms with Crippen LogP contribution in [0.25, 0.3) is 75.1 Å². The summed E-state index contributed by atoms with van der Waals surface area (Å²) >= 11 is 1.79. The second-order valence-electron chi connectivity index (χ2n) is 13.0. The molecular weight excluding hydrogens is 647 g/mol. The Kier molecular flexibility index (Phi) is 6.43. The van der Waals surface area contributed by atoms with Gasteiger partial charge in [-0.1, -0.05) is 152 Å². The Balaban J connectivity index is 1.13. The van der Waals surface area contributed by atoms with Gasteiger partial charge in [0.1, 0.15) is 0 Å².